The Kier molecular flexibility index (Phi) is 4.06. The molecule has 1 aliphatic carbocycles. The van der Waals surface area contributed by atoms with Crippen LogP contribution in [0.25, 0.3) is 0 Å². The maximum absolute atomic E-state index is 12.1. The van der Waals surface area contributed by atoms with Crippen LogP contribution in [0.2, 0.25) is 0 Å². The molecule has 0 radical (unpaired) electrons. The second-order valence-corrected chi connectivity index (χ2v) is 5.29. The minimum Gasteiger partial charge on any atom is -0.451 e. The Labute approximate surface area is 116 Å². The lowest BCUT2D eigenvalue weighted by atomic mass is 9.81. The van der Waals surface area contributed by atoms with E-state index in [1.54, 1.807) is 0 Å². The molecular formula is C13H18N2O5. The Balaban J connectivity index is 1.99. The van der Waals surface area contributed by atoms with Gasteiger partial charge in [0.15, 0.2) is 6.10 Å². The molecular weight excluding hydrogens is 264 g/mol. The van der Waals surface area contributed by atoms with Crippen molar-refractivity contribution < 1.29 is 23.9 Å². The van der Waals surface area contributed by atoms with Gasteiger partial charge in [0, 0.05) is 0 Å². The van der Waals surface area contributed by atoms with Gasteiger partial charge < -0.3 is 10.5 Å². The van der Waals surface area contributed by atoms with Gasteiger partial charge in [-0.25, -0.2) is 0 Å². The number of imide groups is 1. The molecule has 110 valence electrons. The van der Waals surface area contributed by atoms with Gasteiger partial charge in [0.05, 0.1) is 11.8 Å². The highest BCUT2D eigenvalue weighted by atomic mass is 16.5. The predicted molar refractivity (Wildman–Crippen MR) is 66.9 cm³/mol. The maximum Gasteiger partial charge on any atom is 0.326 e. The Morgan fingerprint density at radius 2 is 1.75 bits per heavy atom. The Morgan fingerprint density at radius 1 is 1.25 bits per heavy atom. The fourth-order valence-corrected chi connectivity index (χ4v) is 2.81. The summed E-state index contributed by atoms with van der Waals surface area (Å²) in [6, 6.07) is 0. The highest BCUT2D eigenvalue weighted by Gasteiger charge is 2.48. The number of amides is 3. The number of nitrogens with two attached hydrogens (primary N) is 1. The summed E-state index contributed by atoms with van der Waals surface area (Å²) in [4.78, 5) is 47.6. The average Bonchev–Trinajstić information content (AvgIpc) is 2.64. The van der Waals surface area contributed by atoms with E-state index in [1.165, 1.54) is 6.92 Å². The SMILES string of the molecule is C[C@H](OC(=O)CN1C(=O)[C@H]2CCCC[C@@H]2C1=O)C(N)=O. The van der Waals surface area contributed by atoms with Crippen molar-refractivity contribution >= 4 is 23.7 Å². The lowest BCUT2D eigenvalue weighted by Gasteiger charge is -2.19. The third-order valence-electron chi connectivity index (χ3n) is 3.93. The van der Waals surface area contributed by atoms with Gasteiger partial charge in [0.25, 0.3) is 5.91 Å². The first-order valence-corrected chi connectivity index (χ1v) is 6.76. The molecule has 0 aromatic heterocycles. The normalized spacial score (nSPS) is 27.1. The number of likely N-dealkylation sites (tertiary alicyclic amines) is 1. The molecule has 3 atom stereocenters. The first-order chi connectivity index (χ1) is 9.41. The standard InChI is InChI=1S/C13H18N2O5/c1-7(11(14)17)20-10(16)6-15-12(18)8-4-2-3-5-9(8)13(15)19/h7-9H,2-6H2,1H3,(H2,14,17)/t7-,8-,9-/m0/s1. The molecule has 2 aliphatic rings. The molecule has 7 nitrogen and oxygen atoms in total. The molecule has 0 bridgehead atoms. The van der Waals surface area contributed by atoms with E-state index in [2.05, 4.69) is 0 Å². The highest BCUT2D eigenvalue weighted by molar-refractivity contribution is 6.07. The second kappa shape index (κ2) is 5.60. The van der Waals surface area contributed by atoms with Crippen LogP contribution in [-0.2, 0) is 23.9 Å². The molecule has 20 heavy (non-hydrogen) atoms. The first kappa shape index (κ1) is 14.5. The van der Waals surface area contributed by atoms with Gasteiger partial charge in [0.1, 0.15) is 6.54 Å². The van der Waals surface area contributed by atoms with Crippen LogP contribution in [0, 0.1) is 11.8 Å². The van der Waals surface area contributed by atoms with Gasteiger partial charge in [-0.05, 0) is 19.8 Å². The molecule has 1 aliphatic heterocycles. The summed E-state index contributed by atoms with van der Waals surface area (Å²) in [6.45, 7) is 0.899. The zero-order valence-electron chi connectivity index (χ0n) is 11.3. The number of fused-ring (bicyclic) bond motifs is 1. The molecule has 1 saturated heterocycles. The van der Waals surface area contributed by atoms with Crippen molar-refractivity contribution in [1.82, 2.24) is 4.90 Å². The number of primary amides is 1. The zero-order chi connectivity index (χ0) is 14.9. The van der Waals surface area contributed by atoms with Crippen molar-refractivity contribution in [1.29, 1.82) is 0 Å². The molecule has 1 heterocycles. The predicted octanol–water partition coefficient (Wildman–Crippen LogP) is -0.421. The Hall–Kier alpha value is -1.92. The number of carbonyl (C=O) groups is 4. The van der Waals surface area contributed by atoms with E-state index in [0.29, 0.717) is 12.8 Å². The van der Waals surface area contributed by atoms with Gasteiger partial charge in [-0.15, -0.1) is 0 Å². The van der Waals surface area contributed by atoms with E-state index >= 15 is 0 Å². The molecule has 3 amide bonds. The van der Waals surface area contributed by atoms with Gasteiger partial charge >= 0.3 is 5.97 Å². The van der Waals surface area contributed by atoms with Crippen LogP contribution in [0.4, 0.5) is 0 Å². The summed E-state index contributed by atoms with van der Waals surface area (Å²) in [5.41, 5.74) is 4.98. The van der Waals surface area contributed by atoms with E-state index in [9.17, 15) is 19.2 Å². The van der Waals surface area contributed by atoms with E-state index in [0.717, 1.165) is 17.7 Å². The summed E-state index contributed by atoms with van der Waals surface area (Å²) in [5.74, 6) is -2.76. The number of hydrogen-bond acceptors (Lipinski definition) is 5. The fraction of sp³-hybridized carbons (Fsp3) is 0.692. The van der Waals surface area contributed by atoms with Crippen molar-refractivity contribution in [2.45, 2.75) is 38.7 Å². The summed E-state index contributed by atoms with van der Waals surface area (Å²) in [5, 5.41) is 0. The number of rotatable bonds is 4. The van der Waals surface area contributed by atoms with Crippen molar-refractivity contribution in [3.05, 3.63) is 0 Å². The summed E-state index contributed by atoms with van der Waals surface area (Å²) in [7, 11) is 0. The number of ether oxygens (including phenoxy) is 1. The largest absolute Gasteiger partial charge is 0.451 e. The Morgan fingerprint density at radius 3 is 2.20 bits per heavy atom. The van der Waals surface area contributed by atoms with Crippen molar-refractivity contribution in [3.8, 4) is 0 Å². The third-order valence-corrected chi connectivity index (χ3v) is 3.93. The molecule has 0 spiro atoms. The molecule has 7 heteroatoms. The molecule has 2 fully saturated rings. The summed E-state index contributed by atoms with van der Waals surface area (Å²) >= 11 is 0. The lowest BCUT2D eigenvalue weighted by molar-refractivity contribution is -0.158. The third kappa shape index (κ3) is 2.66. The first-order valence-electron chi connectivity index (χ1n) is 6.76. The highest BCUT2D eigenvalue weighted by Crippen LogP contribution is 2.37. The van der Waals surface area contributed by atoms with Crippen LogP contribution < -0.4 is 5.73 Å². The van der Waals surface area contributed by atoms with E-state index in [1.807, 2.05) is 0 Å². The average molecular weight is 282 g/mol. The fourth-order valence-electron chi connectivity index (χ4n) is 2.81. The summed E-state index contributed by atoms with van der Waals surface area (Å²) in [6.07, 6.45) is 2.17. The monoisotopic (exact) mass is 282 g/mol. The quantitative estimate of drug-likeness (QED) is 0.556. The Bertz CT molecular complexity index is 438. The van der Waals surface area contributed by atoms with Crippen LogP contribution in [0.3, 0.4) is 0 Å². The van der Waals surface area contributed by atoms with Crippen LogP contribution in [0.1, 0.15) is 32.6 Å². The number of hydrogen-bond donors (Lipinski definition) is 1. The molecule has 2 rings (SSSR count). The lowest BCUT2D eigenvalue weighted by Crippen LogP contribution is -2.39. The van der Waals surface area contributed by atoms with Gasteiger partial charge in [-0.1, -0.05) is 12.8 Å². The zero-order valence-corrected chi connectivity index (χ0v) is 11.3. The topological polar surface area (TPSA) is 107 Å². The minimum absolute atomic E-state index is 0.294. The molecule has 0 aromatic rings. The molecule has 0 aromatic carbocycles. The summed E-state index contributed by atoms with van der Waals surface area (Å²) < 4.78 is 4.76. The van der Waals surface area contributed by atoms with E-state index in [-0.39, 0.29) is 23.7 Å². The van der Waals surface area contributed by atoms with Crippen LogP contribution in [0.5, 0.6) is 0 Å². The van der Waals surface area contributed by atoms with Gasteiger partial charge in [-0.2, -0.15) is 0 Å². The maximum atomic E-state index is 12.1. The minimum atomic E-state index is -1.07. The van der Waals surface area contributed by atoms with Crippen molar-refractivity contribution in [3.63, 3.8) is 0 Å². The second-order valence-electron chi connectivity index (χ2n) is 5.29. The van der Waals surface area contributed by atoms with Crippen LogP contribution in [-0.4, -0.2) is 41.2 Å². The number of esters is 1. The van der Waals surface area contributed by atoms with Crippen molar-refractivity contribution in [2.24, 2.45) is 17.6 Å². The van der Waals surface area contributed by atoms with Gasteiger partial charge in [-0.3, -0.25) is 24.1 Å². The molecule has 2 N–H and O–H groups in total. The van der Waals surface area contributed by atoms with E-state index in [4.69, 9.17) is 10.5 Å². The van der Waals surface area contributed by atoms with E-state index < -0.39 is 24.5 Å². The molecule has 0 unspecified atom stereocenters. The number of carbonyl (C=O) groups excluding carboxylic acids is 4. The smallest absolute Gasteiger partial charge is 0.326 e. The van der Waals surface area contributed by atoms with Crippen molar-refractivity contribution in [2.75, 3.05) is 6.54 Å². The molecule has 1 saturated carbocycles. The van der Waals surface area contributed by atoms with Crippen LogP contribution >= 0.6 is 0 Å². The van der Waals surface area contributed by atoms with Gasteiger partial charge in [0.2, 0.25) is 11.8 Å². The number of nitrogens with zero attached hydrogens (tertiary/aromatic N) is 1. The van der Waals surface area contributed by atoms with Crippen LogP contribution in [0.15, 0.2) is 0 Å².